The second-order valence-electron chi connectivity index (χ2n) is 2.75. The number of carbonyl (C=O) groups excluding carboxylic acids is 1. The molecule has 70 valence electrons. The van der Waals surface area contributed by atoms with Gasteiger partial charge in [-0.25, -0.2) is 0 Å². The number of esters is 1. The van der Waals surface area contributed by atoms with E-state index in [1.807, 2.05) is 0 Å². The zero-order chi connectivity index (χ0) is 8.97. The van der Waals surface area contributed by atoms with Crippen LogP contribution in [0.4, 0.5) is 0 Å². The molecule has 1 heterocycles. The van der Waals surface area contributed by atoms with Gasteiger partial charge in [0, 0.05) is 13.7 Å². The summed E-state index contributed by atoms with van der Waals surface area (Å²) in [5.74, 6) is -0.504. The van der Waals surface area contributed by atoms with E-state index in [0.29, 0.717) is 6.61 Å². The van der Waals surface area contributed by atoms with Crippen molar-refractivity contribution in [3.63, 3.8) is 0 Å². The Labute approximate surface area is 71.8 Å². The van der Waals surface area contributed by atoms with E-state index in [0.717, 1.165) is 12.8 Å². The fraction of sp³-hybridized carbons (Fsp3) is 0.875. The molecular weight excluding hydrogens is 160 g/mol. The summed E-state index contributed by atoms with van der Waals surface area (Å²) in [5, 5.41) is 0. The normalized spacial score (nSPS) is 29.8. The predicted molar refractivity (Wildman–Crippen MR) is 41.5 cm³/mol. The molecule has 0 amide bonds. The van der Waals surface area contributed by atoms with Crippen LogP contribution in [0.25, 0.3) is 0 Å². The molecule has 12 heavy (non-hydrogen) atoms. The summed E-state index contributed by atoms with van der Waals surface area (Å²) in [6.07, 6.45) is 1.25. The van der Waals surface area contributed by atoms with Crippen LogP contribution in [0.2, 0.25) is 0 Å². The number of hydrogen-bond acceptors (Lipinski definition) is 4. The highest BCUT2D eigenvalue weighted by Gasteiger charge is 2.32. The molecule has 4 nitrogen and oxygen atoms in total. The quantitative estimate of drug-likeness (QED) is 0.574. The van der Waals surface area contributed by atoms with E-state index in [1.165, 1.54) is 14.2 Å². The summed E-state index contributed by atoms with van der Waals surface area (Å²) in [5.41, 5.74) is 0. The number of methoxy groups -OCH3 is 2. The maximum atomic E-state index is 11.2. The molecule has 0 unspecified atom stereocenters. The molecule has 0 aromatic heterocycles. The van der Waals surface area contributed by atoms with Crippen LogP contribution < -0.4 is 0 Å². The molecule has 0 radical (unpaired) electrons. The maximum absolute atomic E-state index is 11.2. The largest absolute Gasteiger partial charge is 0.469 e. The third-order valence-corrected chi connectivity index (χ3v) is 2.01. The van der Waals surface area contributed by atoms with E-state index >= 15 is 0 Å². The van der Waals surface area contributed by atoms with Gasteiger partial charge < -0.3 is 14.2 Å². The van der Waals surface area contributed by atoms with Crippen molar-refractivity contribution in [1.29, 1.82) is 0 Å². The zero-order valence-electron chi connectivity index (χ0n) is 7.41. The van der Waals surface area contributed by atoms with Crippen molar-refractivity contribution in [2.24, 2.45) is 5.92 Å². The van der Waals surface area contributed by atoms with Gasteiger partial charge in [0.25, 0.3) is 0 Å². The van der Waals surface area contributed by atoms with Gasteiger partial charge in [-0.1, -0.05) is 0 Å². The molecule has 0 aliphatic carbocycles. The van der Waals surface area contributed by atoms with E-state index in [9.17, 15) is 4.79 Å². The van der Waals surface area contributed by atoms with Gasteiger partial charge in [-0.2, -0.15) is 0 Å². The number of carbonyl (C=O) groups is 1. The lowest BCUT2D eigenvalue weighted by atomic mass is 10.0. The topological polar surface area (TPSA) is 44.8 Å². The van der Waals surface area contributed by atoms with Gasteiger partial charge in [-0.15, -0.1) is 0 Å². The van der Waals surface area contributed by atoms with Crippen LogP contribution in [0, 0.1) is 5.92 Å². The second-order valence-corrected chi connectivity index (χ2v) is 2.75. The molecule has 1 rings (SSSR count). The van der Waals surface area contributed by atoms with Gasteiger partial charge in [-0.3, -0.25) is 4.79 Å². The third-order valence-electron chi connectivity index (χ3n) is 2.01. The first-order chi connectivity index (χ1) is 5.79. The van der Waals surface area contributed by atoms with Crippen LogP contribution in [0.5, 0.6) is 0 Å². The van der Waals surface area contributed by atoms with Gasteiger partial charge >= 0.3 is 5.97 Å². The average Bonchev–Trinajstić information content (AvgIpc) is 2.16. The molecule has 1 fully saturated rings. The molecule has 1 saturated heterocycles. The van der Waals surface area contributed by atoms with Gasteiger partial charge in [0.05, 0.1) is 7.11 Å². The first kappa shape index (κ1) is 9.48. The molecule has 4 heteroatoms. The molecule has 0 saturated carbocycles. The minimum Gasteiger partial charge on any atom is -0.469 e. The van der Waals surface area contributed by atoms with Crippen LogP contribution in [0.3, 0.4) is 0 Å². The van der Waals surface area contributed by atoms with Gasteiger partial charge in [0.15, 0.2) is 6.29 Å². The molecule has 0 N–H and O–H groups in total. The van der Waals surface area contributed by atoms with Gasteiger partial charge in [0.2, 0.25) is 0 Å². The lowest BCUT2D eigenvalue weighted by Gasteiger charge is -2.28. The Hall–Kier alpha value is -0.610. The minimum absolute atomic E-state index is 0.249. The van der Waals surface area contributed by atoms with Crippen molar-refractivity contribution in [3.05, 3.63) is 0 Å². The summed E-state index contributed by atoms with van der Waals surface area (Å²) in [6.45, 7) is 0.659. The van der Waals surface area contributed by atoms with Crippen molar-refractivity contribution in [1.82, 2.24) is 0 Å². The number of hydrogen-bond donors (Lipinski definition) is 0. The summed E-state index contributed by atoms with van der Waals surface area (Å²) in [6, 6.07) is 0. The minimum atomic E-state index is -0.425. The average molecular weight is 174 g/mol. The highest BCUT2D eigenvalue weighted by atomic mass is 16.7. The molecule has 0 aromatic rings. The second kappa shape index (κ2) is 4.42. The standard InChI is InChI=1S/C8H14O4/c1-10-7(9)6-4-3-5-12-8(6)11-2/h6,8H,3-5H2,1-2H3/t6-,8-/m0/s1. The monoisotopic (exact) mass is 174 g/mol. The lowest BCUT2D eigenvalue weighted by molar-refractivity contribution is -0.195. The van der Waals surface area contributed by atoms with Crippen molar-refractivity contribution in [2.75, 3.05) is 20.8 Å². The molecule has 1 aliphatic heterocycles. The summed E-state index contributed by atoms with van der Waals surface area (Å²) in [7, 11) is 2.91. The summed E-state index contributed by atoms with van der Waals surface area (Å²) in [4.78, 5) is 11.2. The van der Waals surface area contributed by atoms with E-state index < -0.39 is 6.29 Å². The third kappa shape index (κ3) is 1.95. The first-order valence-electron chi connectivity index (χ1n) is 4.02. The molecule has 0 aromatic carbocycles. The van der Waals surface area contributed by atoms with Crippen LogP contribution in [0.1, 0.15) is 12.8 Å². The molecule has 0 spiro atoms. The highest BCUT2D eigenvalue weighted by molar-refractivity contribution is 5.72. The SMILES string of the molecule is COC(=O)[C@@H]1CCCO[C@@H]1OC. The first-order valence-corrected chi connectivity index (χ1v) is 4.02. The smallest absolute Gasteiger partial charge is 0.313 e. The molecule has 2 atom stereocenters. The van der Waals surface area contributed by atoms with Crippen molar-refractivity contribution in [2.45, 2.75) is 19.1 Å². The van der Waals surface area contributed by atoms with Crippen molar-refractivity contribution >= 4 is 5.97 Å². The Morgan fingerprint density at radius 1 is 1.50 bits per heavy atom. The van der Waals surface area contributed by atoms with Crippen LogP contribution in [0.15, 0.2) is 0 Å². The fourth-order valence-corrected chi connectivity index (χ4v) is 1.37. The Morgan fingerprint density at radius 3 is 2.83 bits per heavy atom. The van der Waals surface area contributed by atoms with Crippen molar-refractivity contribution < 1.29 is 19.0 Å². The molecular formula is C8H14O4. The Balaban J connectivity index is 2.52. The van der Waals surface area contributed by atoms with Gasteiger partial charge in [0.1, 0.15) is 5.92 Å². The number of rotatable bonds is 2. The fourth-order valence-electron chi connectivity index (χ4n) is 1.37. The van der Waals surface area contributed by atoms with E-state index in [1.54, 1.807) is 0 Å². The van der Waals surface area contributed by atoms with E-state index in [-0.39, 0.29) is 11.9 Å². The zero-order valence-corrected chi connectivity index (χ0v) is 7.41. The maximum Gasteiger partial charge on any atom is 0.313 e. The molecule has 1 aliphatic rings. The molecule has 0 bridgehead atoms. The van der Waals surface area contributed by atoms with Crippen LogP contribution >= 0.6 is 0 Å². The lowest BCUT2D eigenvalue weighted by Crippen LogP contribution is -2.36. The number of ether oxygens (including phenoxy) is 3. The Morgan fingerprint density at radius 2 is 2.25 bits per heavy atom. The highest BCUT2D eigenvalue weighted by Crippen LogP contribution is 2.22. The van der Waals surface area contributed by atoms with E-state index in [2.05, 4.69) is 4.74 Å². The Bertz CT molecular complexity index is 157. The predicted octanol–water partition coefficient (Wildman–Crippen LogP) is 0.558. The summed E-state index contributed by atoms with van der Waals surface area (Å²) >= 11 is 0. The van der Waals surface area contributed by atoms with Crippen molar-refractivity contribution in [3.8, 4) is 0 Å². The van der Waals surface area contributed by atoms with Crippen LogP contribution in [-0.4, -0.2) is 33.1 Å². The summed E-state index contributed by atoms with van der Waals surface area (Å²) < 4.78 is 14.9. The van der Waals surface area contributed by atoms with E-state index in [4.69, 9.17) is 9.47 Å². The van der Waals surface area contributed by atoms with Gasteiger partial charge in [-0.05, 0) is 12.8 Å². The Kier molecular flexibility index (Phi) is 3.49. The van der Waals surface area contributed by atoms with Crippen LogP contribution in [-0.2, 0) is 19.0 Å².